The third-order valence-electron chi connectivity index (χ3n) is 21.1. The highest BCUT2D eigenvalue weighted by Crippen LogP contribution is 2.52. The van der Waals surface area contributed by atoms with E-state index in [4.69, 9.17) is 4.74 Å². The van der Waals surface area contributed by atoms with Crippen LogP contribution in [0.25, 0.3) is 0 Å². The lowest BCUT2D eigenvalue weighted by Crippen LogP contribution is -2.55. The van der Waals surface area contributed by atoms with Gasteiger partial charge in [0.15, 0.2) is 0 Å². The van der Waals surface area contributed by atoms with Gasteiger partial charge >= 0.3 is 0 Å². The third kappa shape index (κ3) is 22.1. The number of hydrogen-bond acceptors (Lipinski definition) is 7. The molecule has 6 fully saturated rings. The normalized spacial score (nSPS) is 28.0. The van der Waals surface area contributed by atoms with Crippen LogP contribution < -0.4 is 0 Å². The summed E-state index contributed by atoms with van der Waals surface area (Å²) >= 11 is 0. The van der Waals surface area contributed by atoms with E-state index < -0.39 is 0 Å². The number of benzene rings is 1. The van der Waals surface area contributed by atoms with Crippen molar-refractivity contribution in [2.75, 3.05) is 26.2 Å². The van der Waals surface area contributed by atoms with E-state index in [1.165, 1.54) is 114 Å². The van der Waals surface area contributed by atoms with Crippen molar-refractivity contribution in [2.24, 2.45) is 44.3 Å². The number of likely N-dealkylation sites (tertiary alicyclic amines) is 3. The second-order valence-electron chi connectivity index (χ2n) is 39.4. The SMILES string of the molecule is CC(C)(C)C1CCCCN1C(C)(C)C.CC(C)(C)C1CCCCN1C(C)(C)C.CC(C)(C)C1OC2(CC2)CN1C(C)(C)C.CC(C)N1C=CCC1C(C)(C)C.CC(C)N1CC2CCCCC2C1C(C)(C)C.CC(C)N1Cc2ccccc2C1C(C)(C)C. The summed E-state index contributed by atoms with van der Waals surface area (Å²) in [5, 5.41) is 0. The maximum atomic E-state index is 6.29. The first-order valence-corrected chi connectivity index (χ1v) is 36.4. The Morgan fingerprint density at radius 3 is 1.26 bits per heavy atom. The van der Waals surface area contributed by atoms with Gasteiger partial charge in [0, 0.05) is 90.0 Å². The van der Waals surface area contributed by atoms with Gasteiger partial charge < -0.3 is 9.64 Å². The number of nitrogens with zero attached hydrogens (tertiary/aromatic N) is 6. The van der Waals surface area contributed by atoms with Gasteiger partial charge in [-0.1, -0.05) is 181 Å². The summed E-state index contributed by atoms with van der Waals surface area (Å²) in [6.07, 6.45) is 22.8. The van der Waals surface area contributed by atoms with Crippen LogP contribution in [0.2, 0.25) is 0 Å². The van der Waals surface area contributed by atoms with Crippen LogP contribution in [0.1, 0.15) is 329 Å². The zero-order valence-electron chi connectivity index (χ0n) is 64.6. The molecule has 7 heteroatoms. The minimum atomic E-state index is 0.208. The van der Waals surface area contributed by atoms with E-state index in [0.29, 0.717) is 62.3 Å². The maximum Gasteiger partial charge on any atom is 0.116 e. The standard InChI is InChI=1S/C15H29N.C15H23N.C13H25NO.2C13H27N.C11H21N/c2*1-11(2)16-10-12-8-6-7-9-13(12)14(16)15(3,4)5;1-11(2,3)10-14(12(4,5)6)9-13(15-10)7-8-13;2*1-12(2,3)11-9-7-8-10-14(11)13(4,5)6;1-9(2)12-8-6-7-10(12)11(3,4)5/h11-14H,6-10H2,1-5H3;6-9,11,14H,10H2,1-5H3;10H,7-9H2,1-6H3;2*11H,7-10H2,1-6H3;6,8-10H,7H2,1-5H3. The highest BCUT2D eigenvalue weighted by Gasteiger charge is 2.58. The predicted octanol–water partition coefficient (Wildman–Crippen LogP) is 21.4. The quantitative estimate of drug-likeness (QED) is 0.298. The Balaban J connectivity index is 0.000000224. The van der Waals surface area contributed by atoms with Crippen molar-refractivity contribution in [3.8, 4) is 0 Å². The molecule has 9 rings (SSSR count). The number of ether oxygens (including phenoxy) is 1. The monoisotopic (exact) mass is 1210 g/mol. The van der Waals surface area contributed by atoms with Gasteiger partial charge in [0.25, 0.3) is 0 Å². The Hall–Kier alpha value is -1.48. The minimum absolute atomic E-state index is 0.208. The second kappa shape index (κ2) is 29.9. The molecule has 508 valence electrons. The van der Waals surface area contributed by atoms with Gasteiger partial charge in [-0.25, -0.2) is 0 Å². The molecule has 8 aliphatic rings. The van der Waals surface area contributed by atoms with Crippen molar-refractivity contribution in [3.05, 3.63) is 47.7 Å². The van der Waals surface area contributed by atoms with Crippen LogP contribution >= 0.6 is 0 Å². The zero-order chi connectivity index (χ0) is 66.6. The molecule has 0 aromatic heterocycles. The molecule has 8 unspecified atom stereocenters. The molecule has 8 atom stereocenters. The van der Waals surface area contributed by atoms with Gasteiger partial charge in [0.1, 0.15) is 6.23 Å². The highest BCUT2D eigenvalue weighted by atomic mass is 16.5. The summed E-state index contributed by atoms with van der Waals surface area (Å²) < 4.78 is 6.29. The topological polar surface area (TPSA) is 28.7 Å². The van der Waals surface area contributed by atoms with E-state index in [2.05, 4.69) is 294 Å². The molecule has 0 radical (unpaired) electrons. The Morgan fingerprint density at radius 1 is 0.460 bits per heavy atom. The van der Waals surface area contributed by atoms with Crippen molar-refractivity contribution in [2.45, 2.75) is 395 Å². The number of fused-ring (bicyclic) bond motifs is 2. The summed E-state index contributed by atoms with van der Waals surface area (Å²) in [6.45, 7) is 83.3. The van der Waals surface area contributed by atoms with Gasteiger partial charge in [0.05, 0.1) is 5.60 Å². The summed E-state index contributed by atoms with van der Waals surface area (Å²) in [7, 11) is 0. The fraction of sp³-hybridized carbons (Fsp3) is 0.900. The second-order valence-corrected chi connectivity index (χ2v) is 39.4. The molecule has 1 aromatic rings. The van der Waals surface area contributed by atoms with Crippen LogP contribution in [0.3, 0.4) is 0 Å². The van der Waals surface area contributed by atoms with Crippen LogP contribution in [0.5, 0.6) is 0 Å². The first-order chi connectivity index (χ1) is 39.3. The molecule has 1 spiro atoms. The third-order valence-corrected chi connectivity index (χ3v) is 21.1. The summed E-state index contributed by atoms with van der Waals surface area (Å²) in [5.41, 5.74) is 6.35. The van der Waals surface area contributed by atoms with Crippen molar-refractivity contribution in [1.82, 2.24) is 29.4 Å². The predicted molar refractivity (Wildman–Crippen MR) is 384 cm³/mol. The van der Waals surface area contributed by atoms with E-state index in [9.17, 15) is 0 Å². The molecule has 87 heavy (non-hydrogen) atoms. The number of hydrogen-bond donors (Lipinski definition) is 0. The smallest absolute Gasteiger partial charge is 0.116 e. The number of piperidine rings is 2. The molecular formula is C80H152N6O. The summed E-state index contributed by atoms with van der Waals surface area (Å²) in [4.78, 5) is 15.8. The largest absolute Gasteiger partial charge is 0.372 e. The van der Waals surface area contributed by atoms with Crippen molar-refractivity contribution in [3.63, 3.8) is 0 Å². The van der Waals surface area contributed by atoms with E-state index in [0.717, 1.165) is 49.1 Å². The first-order valence-electron chi connectivity index (χ1n) is 36.4. The Bertz CT molecular complexity index is 2090. The van der Waals surface area contributed by atoms with Gasteiger partial charge in [-0.3, -0.25) is 24.5 Å². The molecule has 6 heterocycles. The molecule has 0 amide bonds. The van der Waals surface area contributed by atoms with Crippen LogP contribution in [0.15, 0.2) is 36.5 Å². The summed E-state index contributed by atoms with van der Waals surface area (Å²) in [6, 6.07) is 14.4. The molecule has 2 aliphatic carbocycles. The Kier molecular flexibility index (Phi) is 26.8. The van der Waals surface area contributed by atoms with Gasteiger partial charge in [-0.05, 0) is 231 Å². The summed E-state index contributed by atoms with van der Waals surface area (Å²) in [5.74, 6) is 1.98. The minimum Gasteiger partial charge on any atom is -0.372 e. The van der Waals surface area contributed by atoms with E-state index in [-0.39, 0.29) is 22.8 Å². The molecule has 7 nitrogen and oxygen atoms in total. The fourth-order valence-corrected chi connectivity index (χ4v) is 16.6. The lowest BCUT2D eigenvalue weighted by molar-refractivity contribution is -0.0980. The number of rotatable bonds is 3. The lowest BCUT2D eigenvalue weighted by Gasteiger charge is -2.50. The van der Waals surface area contributed by atoms with Crippen LogP contribution in [-0.2, 0) is 11.3 Å². The average Bonchev–Trinajstić information content (AvgIpc) is 1.61. The van der Waals surface area contributed by atoms with Gasteiger partial charge in [0.2, 0.25) is 0 Å². The Morgan fingerprint density at radius 2 is 0.908 bits per heavy atom. The molecule has 0 bridgehead atoms. The molecular weight excluding hydrogens is 1060 g/mol. The van der Waals surface area contributed by atoms with E-state index in [1.807, 2.05) is 0 Å². The van der Waals surface area contributed by atoms with Gasteiger partial charge in [-0.15, -0.1) is 0 Å². The first kappa shape index (κ1) is 78.0. The van der Waals surface area contributed by atoms with Crippen LogP contribution in [-0.4, -0.2) is 126 Å². The maximum absolute atomic E-state index is 6.29. The van der Waals surface area contributed by atoms with Crippen LogP contribution in [0.4, 0.5) is 0 Å². The fourth-order valence-electron chi connectivity index (χ4n) is 16.6. The average molecular weight is 1210 g/mol. The van der Waals surface area contributed by atoms with Crippen molar-refractivity contribution >= 4 is 0 Å². The lowest BCUT2D eigenvalue weighted by atomic mass is 9.71. The highest BCUT2D eigenvalue weighted by molar-refractivity contribution is 5.35. The Labute approximate surface area is 544 Å². The molecule has 2 saturated carbocycles. The molecule has 1 aromatic carbocycles. The van der Waals surface area contributed by atoms with E-state index >= 15 is 0 Å². The van der Waals surface area contributed by atoms with Crippen LogP contribution in [0, 0.1) is 44.3 Å². The molecule has 4 saturated heterocycles. The van der Waals surface area contributed by atoms with E-state index in [1.54, 1.807) is 0 Å². The molecule has 6 aliphatic heterocycles. The van der Waals surface area contributed by atoms with Gasteiger partial charge in [-0.2, -0.15) is 0 Å². The van der Waals surface area contributed by atoms with Crippen molar-refractivity contribution in [1.29, 1.82) is 0 Å². The zero-order valence-corrected chi connectivity index (χ0v) is 64.6. The van der Waals surface area contributed by atoms with Crippen molar-refractivity contribution < 1.29 is 4.74 Å². The molecule has 0 N–H and O–H groups in total.